The van der Waals surface area contributed by atoms with Gasteiger partial charge in [0.15, 0.2) is 35.6 Å². The molecule has 16 nitrogen and oxygen atoms in total. The van der Waals surface area contributed by atoms with Crippen molar-refractivity contribution in [1.82, 2.24) is 0 Å². The summed E-state index contributed by atoms with van der Waals surface area (Å²) in [6, 6.07) is 21.9. The number of fused-ring (bicyclic) bond motifs is 2. The van der Waals surface area contributed by atoms with Crippen LogP contribution in [0.1, 0.15) is 57.4 Å². The first kappa shape index (κ1) is 41.7. The molecule has 0 unspecified atom stereocenters. The van der Waals surface area contributed by atoms with Gasteiger partial charge in [-0.15, -0.1) is 0 Å². The number of benzene rings is 4. The second-order valence-corrected chi connectivity index (χ2v) is 13.5. The van der Waals surface area contributed by atoms with E-state index in [1.165, 1.54) is 12.1 Å². The highest BCUT2D eigenvalue weighted by atomic mass is 16.7. The molecule has 1 fully saturated rings. The number of carbonyl (C=O) groups excluding carboxylic acids is 5. The Labute approximate surface area is 336 Å². The van der Waals surface area contributed by atoms with Gasteiger partial charge in [-0.2, -0.15) is 0 Å². The lowest BCUT2D eigenvalue weighted by Crippen LogP contribution is -2.59. The lowest BCUT2D eigenvalue weighted by Gasteiger charge is -2.45. The molecular formula is C43H40O16. The van der Waals surface area contributed by atoms with E-state index in [2.05, 4.69) is 0 Å². The van der Waals surface area contributed by atoms with Crippen LogP contribution < -0.4 is 19.6 Å². The molecule has 0 bridgehead atoms. The fourth-order valence-corrected chi connectivity index (χ4v) is 6.67. The highest BCUT2D eigenvalue weighted by Gasteiger charge is 2.54. The number of rotatable bonds is 13. The molecule has 1 N–H and O–H groups in total. The molecule has 1 aliphatic rings. The van der Waals surface area contributed by atoms with Gasteiger partial charge in [-0.3, -0.25) is 28.8 Å². The van der Waals surface area contributed by atoms with Crippen LogP contribution in [0.2, 0.25) is 0 Å². The van der Waals surface area contributed by atoms with Crippen LogP contribution in [0.25, 0.3) is 21.9 Å². The minimum atomic E-state index is -1.68. The Morgan fingerprint density at radius 3 is 1.75 bits per heavy atom. The van der Waals surface area contributed by atoms with Crippen molar-refractivity contribution in [1.29, 1.82) is 0 Å². The third-order valence-corrected chi connectivity index (χ3v) is 8.99. The molecule has 0 aliphatic carbocycles. The first-order valence-electron chi connectivity index (χ1n) is 18.3. The van der Waals surface area contributed by atoms with Gasteiger partial charge in [0.05, 0.1) is 10.9 Å². The van der Waals surface area contributed by atoms with Crippen LogP contribution >= 0.6 is 0 Å². The fraction of sp³-hybridized carbons (Fsp3) is 0.302. The van der Waals surface area contributed by atoms with Crippen LogP contribution in [0.4, 0.5) is 0 Å². The van der Waals surface area contributed by atoms with Gasteiger partial charge < -0.3 is 47.4 Å². The number of phenols is 1. The fourth-order valence-electron chi connectivity index (χ4n) is 6.67. The van der Waals surface area contributed by atoms with Crippen LogP contribution in [0, 0.1) is 0 Å². The molecule has 4 aromatic carbocycles. The molecule has 1 saturated heterocycles. The predicted octanol–water partition coefficient (Wildman–Crippen LogP) is 5.53. The summed E-state index contributed by atoms with van der Waals surface area (Å²) in [5.74, 6) is -5.22. The largest absolute Gasteiger partial charge is 0.504 e. The van der Waals surface area contributed by atoms with Crippen LogP contribution in [0.15, 0.2) is 88.1 Å². The predicted molar refractivity (Wildman–Crippen MR) is 205 cm³/mol. The van der Waals surface area contributed by atoms with Crippen molar-refractivity contribution >= 4 is 51.8 Å². The number of aromatic hydroxyl groups is 1. The van der Waals surface area contributed by atoms with Crippen LogP contribution in [-0.2, 0) is 60.9 Å². The van der Waals surface area contributed by atoms with Crippen LogP contribution in [0.3, 0.4) is 0 Å². The summed E-state index contributed by atoms with van der Waals surface area (Å²) in [5.41, 5.74) is 0.378. The standard InChI is InChI=1S/C43H40O16/c1-22(44)51-21-35-39(54-23(2)45)42(56-25(4)47)43(57-26(5)48)41(59-35)37-33(53-20-28-14-10-7-11-15-28)18-34-36(40(37)55-24(3)46)38(50)29-16-30(49)32(17-31(29)58-34)52-19-27-12-8-6-9-13-27/h6-18,35,39,41-43,49H,19-21H2,1-5H3/t35-,39-,41+,42+,43+/m1/s1. The lowest BCUT2D eigenvalue weighted by atomic mass is 9.88. The van der Waals surface area contributed by atoms with Crippen molar-refractivity contribution in [2.24, 2.45) is 0 Å². The Bertz CT molecular complexity index is 2440. The summed E-state index contributed by atoms with van der Waals surface area (Å²) >= 11 is 0. The molecule has 16 heteroatoms. The van der Waals surface area contributed by atoms with Crippen molar-refractivity contribution in [3.63, 3.8) is 0 Å². The monoisotopic (exact) mass is 812 g/mol. The Morgan fingerprint density at radius 2 is 1.19 bits per heavy atom. The maximum absolute atomic E-state index is 14.6. The van der Waals surface area contributed by atoms with E-state index in [0.29, 0.717) is 5.56 Å². The highest BCUT2D eigenvalue weighted by molar-refractivity contribution is 5.97. The topological polar surface area (TPSA) is 210 Å². The molecular weight excluding hydrogens is 772 g/mol. The molecule has 0 amide bonds. The number of carbonyl (C=O) groups is 5. The summed E-state index contributed by atoms with van der Waals surface area (Å²) in [4.78, 5) is 77.4. The molecule has 1 aliphatic heterocycles. The first-order chi connectivity index (χ1) is 28.2. The summed E-state index contributed by atoms with van der Waals surface area (Å²) in [6.07, 6.45) is -7.89. The third kappa shape index (κ3) is 9.79. The van der Waals surface area contributed by atoms with Gasteiger partial charge in [0.2, 0.25) is 5.43 Å². The van der Waals surface area contributed by atoms with E-state index in [-0.39, 0.29) is 52.2 Å². The zero-order valence-corrected chi connectivity index (χ0v) is 32.6. The summed E-state index contributed by atoms with van der Waals surface area (Å²) in [7, 11) is 0. The number of hydrogen-bond acceptors (Lipinski definition) is 16. The third-order valence-electron chi connectivity index (χ3n) is 8.99. The number of hydrogen-bond donors (Lipinski definition) is 1. The van der Waals surface area contributed by atoms with E-state index in [0.717, 1.165) is 46.2 Å². The SMILES string of the molecule is CC(=O)OC[C@H]1O[C@@H](c2c(OCc3ccccc3)cc3oc4cc(OCc5ccccc5)c(O)cc4c(=O)c3c2OC(C)=O)[C@H](OC(C)=O)[C@@H](OC(C)=O)[C@@H]1OC(C)=O. The average molecular weight is 813 g/mol. The molecule has 0 saturated carbocycles. The van der Waals surface area contributed by atoms with Crippen LogP contribution in [-0.4, -0.2) is 66.0 Å². The van der Waals surface area contributed by atoms with Crippen molar-refractivity contribution in [2.75, 3.05) is 6.61 Å². The molecule has 308 valence electrons. The average Bonchev–Trinajstić information content (AvgIpc) is 3.17. The lowest BCUT2D eigenvalue weighted by molar-refractivity contribution is -0.254. The van der Waals surface area contributed by atoms with E-state index in [9.17, 15) is 33.9 Å². The number of phenolic OH excluding ortho intramolecular Hbond substituents is 1. The molecule has 0 spiro atoms. The van der Waals surface area contributed by atoms with Gasteiger partial charge in [-0.05, 0) is 17.2 Å². The van der Waals surface area contributed by atoms with Gasteiger partial charge in [-0.1, -0.05) is 60.7 Å². The van der Waals surface area contributed by atoms with E-state index in [4.69, 9.17) is 42.3 Å². The zero-order chi connectivity index (χ0) is 42.4. The second kappa shape index (κ2) is 18.1. The number of ether oxygens (including phenoxy) is 8. The number of esters is 5. The quantitative estimate of drug-likeness (QED) is 0.0670. The van der Waals surface area contributed by atoms with Crippen molar-refractivity contribution in [3.8, 4) is 23.0 Å². The zero-order valence-electron chi connectivity index (χ0n) is 32.6. The van der Waals surface area contributed by atoms with Crippen molar-refractivity contribution in [2.45, 2.75) is 78.4 Å². The van der Waals surface area contributed by atoms with Crippen LogP contribution in [0.5, 0.6) is 23.0 Å². The Balaban J connectivity index is 1.62. The maximum Gasteiger partial charge on any atom is 0.308 e. The molecule has 6 rings (SSSR count). The summed E-state index contributed by atoms with van der Waals surface area (Å²) in [6.45, 7) is 4.84. The van der Waals surface area contributed by atoms with Crippen molar-refractivity contribution in [3.05, 3.63) is 106 Å². The molecule has 0 radical (unpaired) electrons. The highest BCUT2D eigenvalue weighted by Crippen LogP contribution is 2.48. The van der Waals surface area contributed by atoms with Gasteiger partial charge >= 0.3 is 29.8 Å². The first-order valence-corrected chi connectivity index (χ1v) is 18.3. The molecule has 5 atom stereocenters. The molecule has 59 heavy (non-hydrogen) atoms. The molecule has 2 heterocycles. The molecule has 1 aromatic heterocycles. The minimum absolute atomic E-state index is 0.00815. The Kier molecular flexibility index (Phi) is 12.8. The summed E-state index contributed by atoms with van der Waals surface area (Å²) < 4.78 is 53.0. The van der Waals surface area contributed by atoms with Gasteiger partial charge in [0.1, 0.15) is 54.3 Å². The summed E-state index contributed by atoms with van der Waals surface area (Å²) in [5, 5.41) is 10.6. The van der Waals surface area contributed by atoms with Gasteiger partial charge in [0.25, 0.3) is 0 Å². The van der Waals surface area contributed by atoms with Gasteiger partial charge in [-0.25, -0.2) is 0 Å². The Hall–Kier alpha value is -6.94. The van der Waals surface area contributed by atoms with Gasteiger partial charge in [0, 0.05) is 46.8 Å². The molecule has 5 aromatic rings. The van der Waals surface area contributed by atoms with E-state index in [1.807, 2.05) is 30.3 Å². The van der Waals surface area contributed by atoms with E-state index >= 15 is 0 Å². The maximum atomic E-state index is 14.6. The normalized spacial score (nSPS) is 18.7. The minimum Gasteiger partial charge on any atom is -0.504 e. The second-order valence-electron chi connectivity index (χ2n) is 13.5. The van der Waals surface area contributed by atoms with Crippen molar-refractivity contribution < 1.29 is 71.4 Å². The smallest absolute Gasteiger partial charge is 0.308 e. The Morgan fingerprint density at radius 1 is 0.644 bits per heavy atom. The van der Waals surface area contributed by atoms with E-state index < -0.39 is 83.9 Å². The van der Waals surface area contributed by atoms with E-state index in [1.54, 1.807) is 30.3 Å².